The number of nitrogens with zero attached hydrogens (tertiary/aromatic N) is 1. The van der Waals surface area contributed by atoms with Crippen LogP contribution in [-0.4, -0.2) is 30.3 Å². The minimum Gasteiger partial charge on any atom is -0.493 e. The van der Waals surface area contributed by atoms with Gasteiger partial charge in [0.1, 0.15) is 0 Å². The van der Waals surface area contributed by atoms with Crippen molar-refractivity contribution in [2.75, 3.05) is 25.3 Å². The summed E-state index contributed by atoms with van der Waals surface area (Å²) in [5.41, 5.74) is 8.26. The topological polar surface area (TPSA) is 102 Å². The molecular formula is C14H18N4O3. The van der Waals surface area contributed by atoms with Gasteiger partial charge in [0.2, 0.25) is 0 Å². The molecule has 1 heterocycles. The highest BCUT2D eigenvalue weighted by molar-refractivity contribution is 6.08. The Morgan fingerprint density at radius 3 is 2.38 bits per heavy atom. The number of rotatable bonds is 4. The molecule has 0 aliphatic carbocycles. The Morgan fingerprint density at radius 1 is 1.24 bits per heavy atom. The highest BCUT2D eigenvalue weighted by Gasteiger charge is 2.17. The van der Waals surface area contributed by atoms with E-state index in [0.717, 1.165) is 11.3 Å². The van der Waals surface area contributed by atoms with Crippen molar-refractivity contribution in [1.29, 1.82) is 0 Å². The van der Waals surface area contributed by atoms with Gasteiger partial charge < -0.3 is 20.5 Å². The van der Waals surface area contributed by atoms with Gasteiger partial charge in [-0.1, -0.05) is 0 Å². The number of aromatic amines is 1. The molecule has 0 unspecified atom stereocenters. The van der Waals surface area contributed by atoms with E-state index in [1.54, 1.807) is 12.1 Å². The number of H-pyrrole nitrogens is 1. The van der Waals surface area contributed by atoms with Crippen LogP contribution in [0.4, 0.5) is 11.5 Å². The number of carbonyl (C=O) groups is 1. The zero-order chi connectivity index (χ0) is 15.6. The summed E-state index contributed by atoms with van der Waals surface area (Å²) >= 11 is 0. The highest BCUT2D eigenvalue weighted by Crippen LogP contribution is 2.32. The normalized spacial score (nSPS) is 10.3. The number of methoxy groups -OCH3 is 2. The Kier molecular flexibility index (Phi) is 4.02. The summed E-state index contributed by atoms with van der Waals surface area (Å²) < 4.78 is 10.3. The lowest BCUT2D eigenvalue weighted by atomic mass is 10.1. The van der Waals surface area contributed by atoms with Crippen LogP contribution in [0.15, 0.2) is 12.1 Å². The van der Waals surface area contributed by atoms with E-state index in [1.807, 2.05) is 13.8 Å². The van der Waals surface area contributed by atoms with E-state index in [2.05, 4.69) is 15.5 Å². The van der Waals surface area contributed by atoms with Crippen LogP contribution in [0.2, 0.25) is 0 Å². The molecule has 0 fully saturated rings. The van der Waals surface area contributed by atoms with Crippen molar-refractivity contribution in [3.05, 3.63) is 29.0 Å². The molecule has 21 heavy (non-hydrogen) atoms. The van der Waals surface area contributed by atoms with Crippen LogP contribution in [0.5, 0.6) is 11.5 Å². The molecule has 7 nitrogen and oxygen atoms in total. The number of nitrogen functional groups attached to an aromatic ring is 1. The molecule has 0 radical (unpaired) electrons. The Bertz CT molecular complexity index is 679. The molecule has 0 spiro atoms. The van der Waals surface area contributed by atoms with Gasteiger partial charge in [0.15, 0.2) is 17.3 Å². The minimum absolute atomic E-state index is 0.299. The van der Waals surface area contributed by atoms with E-state index in [9.17, 15) is 4.79 Å². The van der Waals surface area contributed by atoms with Crippen LogP contribution in [0.1, 0.15) is 21.6 Å². The molecule has 1 aromatic heterocycles. The van der Waals surface area contributed by atoms with Crippen LogP contribution in [0.3, 0.4) is 0 Å². The third-order valence-corrected chi connectivity index (χ3v) is 3.29. The SMILES string of the molecule is COc1cc(N)c(C(=O)Nc2n[nH]c(C)c2C)cc1OC. The molecule has 2 aromatic rings. The first-order valence-electron chi connectivity index (χ1n) is 6.32. The van der Waals surface area contributed by atoms with Gasteiger partial charge in [-0.3, -0.25) is 9.89 Å². The van der Waals surface area contributed by atoms with Gasteiger partial charge in [0.25, 0.3) is 5.91 Å². The second-order valence-corrected chi connectivity index (χ2v) is 4.57. The third-order valence-electron chi connectivity index (χ3n) is 3.29. The number of aryl methyl sites for hydroxylation is 1. The Balaban J connectivity index is 2.33. The molecular weight excluding hydrogens is 272 g/mol. The van der Waals surface area contributed by atoms with E-state index in [1.165, 1.54) is 14.2 Å². The van der Waals surface area contributed by atoms with Gasteiger partial charge in [0, 0.05) is 23.0 Å². The van der Waals surface area contributed by atoms with E-state index < -0.39 is 0 Å². The molecule has 112 valence electrons. The number of carbonyl (C=O) groups excluding carboxylic acids is 1. The quantitative estimate of drug-likeness (QED) is 0.746. The molecule has 0 aliphatic rings. The van der Waals surface area contributed by atoms with Gasteiger partial charge in [-0.05, 0) is 19.9 Å². The van der Waals surface area contributed by atoms with Crippen LogP contribution < -0.4 is 20.5 Å². The van der Waals surface area contributed by atoms with Crippen molar-refractivity contribution in [1.82, 2.24) is 10.2 Å². The van der Waals surface area contributed by atoms with Gasteiger partial charge in [-0.15, -0.1) is 0 Å². The van der Waals surface area contributed by atoms with Crippen molar-refractivity contribution in [3.63, 3.8) is 0 Å². The second kappa shape index (κ2) is 5.74. The first-order chi connectivity index (χ1) is 9.97. The average Bonchev–Trinajstić information content (AvgIpc) is 2.78. The standard InChI is InChI=1S/C14H18N4O3/c1-7-8(2)17-18-13(7)16-14(19)9-5-11(20-3)12(21-4)6-10(9)15/h5-6H,15H2,1-4H3,(H2,16,17,18,19). The maximum Gasteiger partial charge on any atom is 0.259 e. The predicted molar refractivity (Wildman–Crippen MR) is 80.0 cm³/mol. The van der Waals surface area contributed by atoms with E-state index in [4.69, 9.17) is 15.2 Å². The summed E-state index contributed by atoms with van der Waals surface area (Å²) in [7, 11) is 3.00. The number of hydrogen-bond donors (Lipinski definition) is 3. The zero-order valence-corrected chi connectivity index (χ0v) is 12.4. The first kappa shape index (κ1) is 14.7. The Morgan fingerprint density at radius 2 is 1.86 bits per heavy atom. The molecule has 1 aromatic carbocycles. The smallest absolute Gasteiger partial charge is 0.259 e. The van der Waals surface area contributed by atoms with Crippen molar-refractivity contribution in [3.8, 4) is 11.5 Å². The molecule has 4 N–H and O–H groups in total. The van der Waals surface area contributed by atoms with Crippen molar-refractivity contribution in [2.24, 2.45) is 0 Å². The number of benzene rings is 1. The molecule has 0 atom stereocenters. The van der Waals surface area contributed by atoms with Crippen molar-refractivity contribution in [2.45, 2.75) is 13.8 Å². The van der Waals surface area contributed by atoms with E-state index in [0.29, 0.717) is 28.6 Å². The number of aromatic nitrogens is 2. The maximum atomic E-state index is 12.3. The summed E-state index contributed by atoms with van der Waals surface area (Å²) in [6, 6.07) is 3.09. The van der Waals surface area contributed by atoms with Crippen LogP contribution in [0, 0.1) is 13.8 Å². The third kappa shape index (κ3) is 2.76. The molecule has 1 amide bonds. The fourth-order valence-electron chi connectivity index (χ4n) is 1.87. The Hall–Kier alpha value is -2.70. The number of nitrogens with two attached hydrogens (primary N) is 1. The van der Waals surface area contributed by atoms with E-state index >= 15 is 0 Å². The number of nitrogens with one attached hydrogen (secondary N) is 2. The van der Waals surface area contributed by atoms with Gasteiger partial charge in [-0.25, -0.2) is 0 Å². The van der Waals surface area contributed by atoms with Crippen LogP contribution in [0.25, 0.3) is 0 Å². The van der Waals surface area contributed by atoms with Crippen molar-refractivity contribution < 1.29 is 14.3 Å². The molecule has 0 saturated carbocycles. The fraction of sp³-hybridized carbons (Fsp3) is 0.286. The average molecular weight is 290 g/mol. The Labute approximate surface area is 122 Å². The maximum absolute atomic E-state index is 12.3. The number of anilines is 2. The van der Waals surface area contributed by atoms with Crippen LogP contribution in [-0.2, 0) is 0 Å². The fourth-order valence-corrected chi connectivity index (χ4v) is 1.87. The highest BCUT2D eigenvalue weighted by atomic mass is 16.5. The second-order valence-electron chi connectivity index (χ2n) is 4.57. The van der Waals surface area contributed by atoms with E-state index in [-0.39, 0.29) is 5.91 Å². The number of ether oxygens (including phenoxy) is 2. The number of amides is 1. The monoisotopic (exact) mass is 290 g/mol. The summed E-state index contributed by atoms with van der Waals surface area (Å²) in [6.45, 7) is 3.75. The minimum atomic E-state index is -0.358. The zero-order valence-electron chi connectivity index (χ0n) is 12.4. The predicted octanol–water partition coefficient (Wildman–Crippen LogP) is 1.88. The van der Waals surface area contributed by atoms with Crippen molar-refractivity contribution >= 4 is 17.4 Å². The molecule has 0 saturated heterocycles. The summed E-state index contributed by atoms with van der Waals surface area (Å²) in [5, 5.41) is 9.56. The summed E-state index contributed by atoms with van der Waals surface area (Å²) in [4.78, 5) is 12.3. The molecule has 2 rings (SSSR count). The van der Waals surface area contributed by atoms with Gasteiger partial charge >= 0.3 is 0 Å². The summed E-state index contributed by atoms with van der Waals surface area (Å²) in [5.74, 6) is 1.03. The lowest BCUT2D eigenvalue weighted by Gasteiger charge is -2.12. The summed E-state index contributed by atoms with van der Waals surface area (Å²) in [6.07, 6.45) is 0. The lowest BCUT2D eigenvalue weighted by Crippen LogP contribution is -2.15. The molecule has 7 heteroatoms. The van der Waals surface area contributed by atoms with Crippen LogP contribution >= 0.6 is 0 Å². The first-order valence-corrected chi connectivity index (χ1v) is 6.32. The molecule has 0 aliphatic heterocycles. The molecule has 0 bridgehead atoms. The lowest BCUT2D eigenvalue weighted by molar-refractivity contribution is 0.102. The number of hydrogen-bond acceptors (Lipinski definition) is 5. The van der Waals surface area contributed by atoms with Gasteiger partial charge in [0.05, 0.1) is 19.8 Å². The van der Waals surface area contributed by atoms with Gasteiger partial charge in [-0.2, -0.15) is 5.10 Å². The largest absolute Gasteiger partial charge is 0.493 e.